The van der Waals surface area contributed by atoms with Crippen molar-refractivity contribution < 1.29 is 28.7 Å². The number of anilines is 1. The number of aromatic amines is 2. The number of amides is 4. The Morgan fingerprint density at radius 2 is 1.23 bits per heavy atom. The molecule has 65 heavy (non-hydrogen) atoms. The number of nitrogens with zero attached hydrogens (tertiary/aromatic N) is 7. The number of ether oxygens (including phenoxy) is 2. The van der Waals surface area contributed by atoms with Crippen molar-refractivity contribution in [3.63, 3.8) is 0 Å². The van der Waals surface area contributed by atoms with Crippen LogP contribution < -0.4 is 15.5 Å². The number of likely N-dealkylation sites (tertiary alicyclic amines) is 2. The lowest BCUT2D eigenvalue weighted by molar-refractivity contribution is -0.135. The SMILES string of the molecule is C=C(C)[C@H](NC(=O)OC)C(=O)N1CCC[C@H]1c1nc2ncc(C3CCC(c4cnc5nc([C@@H]6CCCN6C(=O)[C@@H](NC(=O)OC)C(C)C)[nH]c5c4)N3c3ccc(C(C)(C)C)cc3)cc2[nH]1. The van der Waals surface area contributed by atoms with Crippen LogP contribution in [0.5, 0.6) is 0 Å². The van der Waals surface area contributed by atoms with Crippen LogP contribution in [0, 0.1) is 5.92 Å². The van der Waals surface area contributed by atoms with Crippen molar-refractivity contribution in [3.05, 3.63) is 89.3 Å². The van der Waals surface area contributed by atoms with Crippen molar-refractivity contribution in [2.75, 3.05) is 32.2 Å². The number of hydrogen-bond acceptors (Lipinski definition) is 11. The van der Waals surface area contributed by atoms with Crippen LogP contribution in [0.25, 0.3) is 22.3 Å². The predicted molar refractivity (Wildman–Crippen MR) is 246 cm³/mol. The van der Waals surface area contributed by atoms with E-state index in [1.807, 2.05) is 31.1 Å². The highest BCUT2D eigenvalue weighted by molar-refractivity contribution is 5.89. The lowest BCUT2D eigenvalue weighted by Crippen LogP contribution is -2.51. The van der Waals surface area contributed by atoms with E-state index in [1.54, 1.807) is 11.8 Å². The zero-order valence-electron chi connectivity index (χ0n) is 38.6. The molecular formula is C48H61N11O6. The number of imidazole rings is 2. The van der Waals surface area contributed by atoms with Crippen molar-refractivity contribution in [1.82, 2.24) is 50.3 Å². The van der Waals surface area contributed by atoms with Gasteiger partial charge in [0.15, 0.2) is 11.3 Å². The van der Waals surface area contributed by atoms with Crippen LogP contribution in [0.1, 0.15) is 133 Å². The van der Waals surface area contributed by atoms with Crippen LogP contribution in [0.2, 0.25) is 0 Å². The van der Waals surface area contributed by atoms with Crippen LogP contribution >= 0.6 is 0 Å². The molecule has 3 aliphatic heterocycles. The number of methoxy groups -OCH3 is 2. The van der Waals surface area contributed by atoms with Gasteiger partial charge in [0.05, 0.1) is 49.4 Å². The maximum absolute atomic E-state index is 13.9. The first-order chi connectivity index (χ1) is 31.1. The molecular weight excluding hydrogens is 827 g/mol. The van der Waals surface area contributed by atoms with Crippen LogP contribution in [0.15, 0.2) is 60.9 Å². The molecule has 4 N–H and O–H groups in total. The maximum atomic E-state index is 13.9. The first-order valence-corrected chi connectivity index (χ1v) is 22.6. The maximum Gasteiger partial charge on any atom is 0.407 e. The summed E-state index contributed by atoms with van der Waals surface area (Å²) in [5.41, 5.74) is 7.59. The fourth-order valence-corrected chi connectivity index (χ4v) is 9.75. The number of nitrogens with one attached hydrogen (secondary N) is 4. The van der Waals surface area contributed by atoms with Gasteiger partial charge >= 0.3 is 12.2 Å². The number of aromatic nitrogens is 6. The molecule has 0 aliphatic carbocycles. The summed E-state index contributed by atoms with van der Waals surface area (Å²) in [5.74, 6) is 0.758. The van der Waals surface area contributed by atoms with Gasteiger partial charge in [-0.1, -0.05) is 53.3 Å². The Morgan fingerprint density at radius 1 is 0.738 bits per heavy atom. The highest BCUT2D eigenvalue weighted by Gasteiger charge is 2.40. The molecule has 2 unspecified atom stereocenters. The van der Waals surface area contributed by atoms with Crippen molar-refractivity contribution >= 4 is 52.0 Å². The topological polar surface area (TPSA) is 204 Å². The summed E-state index contributed by atoms with van der Waals surface area (Å²) in [6, 6.07) is 10.8. The van der Waals surface area contributed by atoms with E-state index in [2.05, 4.69) is 89.2 Å². The Hall–Kier alpha value is -6.52. The van der Waals surface area contributed by atoms with Crippen LogP contribution in [-0.2, 0) is 24.5 Å². The standard InChI is InChI=1S/C48H61N11O6/c1-26(2)38(53-46(62)64-8)44(60)57-20-10-12-36(57)42-51-32-22-28(24-49-40(32)55-42)34-18-19-35(59(34)31-16-14-30(15-17-31)48(5,6)7)29-23-33-41(50-25-29)56-43(52-33)37-13-11-21-58(37)45(61)39(27(3)4)54-47(63)65-9/h14-17,22-25,27,34-39H,1,10-13,18-21H2,2-9H3,(H,53,62)(H,54,63)(H,49,51,55)(H,50,52,56)/t34?,35?,36-,37-,38-,39-/m0/s1. The van der Waals surface area contributed by atoms with E-state index in [0.29, 0.717) is 48.0 Å². The third kappa shape index (κ3) is 8.97. The molecule has 4 amide bonds. The van der Waals surface area contributed by atoms with Gasteiger partial charge in [-0.15, -0.1) is 0 Å². The molecule has 4 aromatic heterocycles. The second-order valence-corrected chi connectivity index (χ2v) is 19.0. The van der Waals surface area contributed by atoms with Gasteiger partial charge in [0, 0.05) is 31.2 Å². The molecule has 344 valence electrons. The summed E-state index contributed by atoms with van der Waals surface area (Å²) < 4.78 is 9.60. The van der Waals surface area contributed by atoms with Crippen LogP contribution in [0.3, 0.4) is 0 Å². The van der Waals surface area contributed by atoms with Gasteiger partial charge < -0.3 is 44.8 Å². The van der Waals surface area contributed by atoms with Crippen molar-refractivity contribution in [2.24, 2.45) is 5.92 Å². The number of carbonyl (C=O) groups is 4. The van der Waals surface area contributed by atoms with Gasteiger partial charge in [0.1, 0.15) is 23.7 Å². The molecule has 7 heterocycles. The highest BCUT2D eigenvalue weighted by Crippen LogP contribution is 2.48. The van der Waals surface area contributed by atoms with E-state index >= 15 is 0 Å². The van der Waals surface area contributed by atoms with Crippen LogP contribution in [0.4, 0.5) is 15.3 Å². The molecule has 3 fully saturated rings. The van der Waals surface area contributed by atoms with E-state index in [1.165, 1.54) is 19.8 Å². The first kappa shape index (κ1) is 45.1. The third-order valence-electron chi connectivity index (χ3n) is 13.2. The van der Waals surface area contributed by atoms with E-state index < -0.39 is 24.3 Å². The van der Waals surface area contributed by atoms with Gasteiger partial charge in [-0.05, 0) is 103 Å². The molecule has 5 aromatic rings. The molecule has 3 saturated heterocycles. The summed E-state index contributed by atoms with van der Waals surface area (Å²) in [6.45, 7) is 17.2. The van der Waals surface area contributed by atoms with E-state index in [4.69, 9.17) is 29.4 Å². The second kappa shape index (κ2) is 18.2. The summed E-state index contributed by atoms with van der Waals surface area (Å²) >= 11 is 0. The van der Waals surface area contributed by atoms with Gasteiger partial charge in [-0.3, -0.25) is 9.59 Å². The van der Waals surface area contributed by atoms with Crippen molar-refractivity contribution in [1.29, 1.82) is 0 Å². The average molecular weight is 888 g/mol. The number of benzene rings is 1. The van der Waals surface area contributed by atoms with Gasteiger partial charge in [-0.25, -0.2) is 29.5 Å². The Bertz CT molecular complexity index is 2600. The number of rotatable bonds is 11. The van der Waals surface area contributed by atoms with Gasteiger partial charge in [0.25, 0.3) is 0 Å². The van der Waals surface area contributed by atoms with Crippen LogP contribution in [-0.4, -0.2) is 103 Å². The fraction of sp³-hybridized carbons (Fsp3) is 0.500. The van der Waals surface area contributed by atoms with Gasteiger partial charge in [0.2, 0.25) is 11.8 Å². The Labute approximate surface area is 379 Å². The zero-order valence-corrected chi connectivity index (χ0v) is 38.6. The number of carbonyl (C=O) groups excluding carboxylic acids is 4. The molecule has 3 aliphatic rings. The number of alkyl carbamates (subject to hydrolysis) is 2. The molecule has 0 bridgehead atoms. The monoisotopic (exact) mass is 887 g/mol. The summed E-state index contributed by atoms with van der Waals surface area (Å²) in [7, 11) is 2.55. The molecule has 17 nitrogen and oxygen atoms in total. The molecule has 0 spiro atoms. The molecule has 0 radical (unpaired) electrons. The minimum atomic E-state index is -0.920. The molecule has 0 saturated carbocycles. The fourth-order valence-electron chi connectivity index (χ4n) is 9.75. The second-order valence-electron chi connectivity index (χ2n) is 19.0. The number of hydrogen-bond donors (Lipinski definition) is 4. The van der Waals surface area contributed by atoms with E-state index in [0.717, 1.165) is 60.0 Å². The minimum absolute atomic E-state index is 0.0151. The quantitative estimate of drug-likeness (QED) is 0.0951. The summed E-state index contributed by atoms with van der Waals surface area (Å²) in [6.07, 6.45) is 7.24. The zero-order chi connectivity index (χ0) is 46.3. The smallest absolute Gasteiger partial charge is 0.407 e. The molecule has 8 rings (SSSR count). The lowest BCUT2D eigenvalue weighted by atomic mass is 9.87. The largest absolute Gasteiger partial charge is 0.453 e. The predicted octanol–water partition coefficient (Wildman–Crippen LogP) is 7.62. The lowest BCUT2D eigenvalue weighted by Gasteiger charge is -2.33. The van der Waals surface area contributed by atoms with Crippen molar-refractivity contribution in [3.8, 4) is 0 Å². The molecule has 1 aromatic carbocycles. The minimum Gasteiger partial charge on any atom is -0.453 e. The summed E-state index contributed by atoms with van der Waals surface area (Å²) in [5, 5.41) is 5.35. The normalized spacial score (nSPS) is 21.0. The summed E-state index contributed by atoms with van der Waals surface area (Å²) in [4.78, 5) is 84.5. The Morgan fingerprint density at radius 3 is 1.69 bits per heavy atom. The number of pyridine rings is 2. The van der Waals surface area contributed by atoms with Crippen molar-refractivity contribution in [2.45, 2.75) is 122 Å². The first-order valence-electron chi connectivity index (χ1n) is 22.6. The van der Waals surface area contributed by atoms with E-state index in [-0.39, 0.29) is 47.3 Å². The third-order valence-corrected chi connectivity index (χ3v) is 13.2. The molecule has 17 heteroatoms. The van der Waals surface area contributed by atoms with Gasteiger partial charge in [-0.2, -0.15) is 0 Å². The number of fused-ring (bicyclic) bond motifs is 2. The van der Waals surface area contributed by atoms with E-state index in [9.17, 15) is 19.2 Å². The number of H-pyrrole nitrogens is 2. The molecule has 6 atom stereocenters. The average Bonchev–Trinajstić information content (AvgIpc) is 4.14. The Kier molecular flexibility index (Phi) is 12.6. The Balaban J connectivity index is 1.09. The highest BCUT2D eigenvalue weighted by atomic mass is 16.5.